The van der Waals surface area contributed by atoms with E-state index in [4.69, 9.17) is 0 Å². The van der Waals surface area contributed by atoms with Gasteiger partial charge < -0.3 is 10.6 Å². The molecule has 2 saturated heterocycles. The van der Waals surface area contributed by atoms with Crippen LogP contribution in [0.3, 0.4) is 0 Å². The van der Waals surface area contributed by atoms with Crippen molar-refractivity contribution in [2.75, 3.05) is 19.6 Å². The van der Waals surface area contributed by atoms with E-state index >= 15 is 0 Å². The molecule has 1 amide bonds. The number of piperidine rings is 1. The van der Waals surface area contributed by atoms with Crippen molar-refractivity contribution < 1.29 is 9.18 Å². The number of likely N-dealkylation sites (tertiary alicyclic amines) is 1. The molecule has 6 heteroatoms. The molecule has 2 N–H and O–H groups in total. The molecular weight excluding hydrogens is 329 g/mol. The highest BCUT2D eigenvalue weighted by Crippen LogP contribution is 2.20. The standard InChI is InChI=1S/C18H26FN3O.ClH/c19-15-8-6-14(7-9-15)13-22-11-2-1-5-17(22)18(23)21-12-16-4-3-10-20-16;/h6-9,16-17,20H,1-5,10-13H2,(H,21,23);1H. The molecule has 1 aromatic rings. The molecule has 134 valence electrons. The van der Waals surface area contributed by atoms with Crippen molar-refractivity contribution in [3.8, 4) is 0 Å². The zero-order chi connectivity index (χ0) is 16.1. The van der Waals surface area contributed by atoms with E-state index in [0.29, 0.717) is 12.6 Å². The van der Waals surface area contributed by atoms with Crippen LogP contribution in [0.25, 0.3) is 0 Å². The topological polar surface area (TPSA) is 44.4 Å². The Bertz CT molecular complexity index is 520. The van der Waals surface area contributed by atoms with E-state index in [-0.39, 0.29) is 30.2 Å². The molecule has 24 heavy (non-hydrogen) atoms. The van der Waals surface area contributed by atoms with Gasteiger partial charge in [0.05, 0.1) is 6.04 Å². The maximum atomic E-state index is 13.0. The zero-order valence-corrected chi connectivity index (χ0v) is 14.8. The number of carbonyl (C=O) groups excluding carboxylic acids is 1. The second-order valence-corrected chi connectivity index (χ2v) is 6.65. The Morgan fingerprint density at radius 2 is 2.00 bits per heavy atom. The Morgan fingerprint density at radius 3 is 2.71 bits per heavy atom. The highest BCUT2D eigenvalue weighted by molar-refractivity contribution is 5.85. The number of halogens is 2. The number of hydrogen-bond donors (Lipinski definition) is 2. The van der Waals surface area contributed by atoms with Crippen molar-refractivity contribution in [1.82, 2.24) is 15.5 Å². The van der Waals surface area contributed by atoms with Gasteiger partial charge in [-0.05, 0) is 56.5 Å². The zero-order valence-electron chi connectivity index (χ0n) is 14.0. The van der Waals surface area contributed by atoms with Gasteiger partial charge in [-0.15, -0.1) is 12.4 Å². The molecule has 2 atom stereocenters. The van der Waals surface area contributed by atoms with Crippen LogP contribution in [0.2, 0.25) is 0 Å². The fourth-order valence-corrected chi connectivity index (χ4v) is 3.57. The first-order valence-electron chi connectivity index (χ1n) is 8.72. The number of carbonyl (C=O) groups is 1. The Morgan fingerprint density at radius 1 is 1.21 bits per heavy atom. The lowest BCUT2D eigenvalue weighted by molar-refractivity contribution is -0.128. The molecule has 2 unspecified atom stereocenters. The number of nitrogens with zero attached hydrogens (tertiary/aromatic N) is 1. The molecule has 2 heterocycles. The molecule has 4 nitrogen and oxygen atoms in total. The normalized spacial score (nSPS) is 24.4. The highest BCUT2D eigenvalue weighted by atomic mass is 35.5. The fraction of sp³-hybridized carbons (Fsp3) is 0.611. The summed E-state index contributed by atoms with van der Waals surface area (Å²) in [4.78, 5) is 14.8. The van der Waals surface area contributed by atoms with Gasteiger partial charge in [-0.2, -0.15) is 0 Å². The number of rotatable bonds is 5. The summed E-state index contributed by atoms with van der Waals surface area (Å²) in [5.41, 5.74) is 1.06. The number of nitrogens with one attached hydrogen (secondary N) is 2. The second-order valence-electron chi connectivity index (χ2n) is 6.65. The van der Waals surface area contributed by atoms with E-state index in [9.17, 15) is 9.18 Å². The lowest BCUT2D eigenvalue weighted by Crippen LogP contribution is -2.50. The van der Waals surface area contributed by atoms with Gasteiger partial charge in [0, 0.05) is 19.1 Å². The molecule has 1 aromatic carbocycles. The average molecular weight is 356 g/mol. The van der Waals surface area contributed by atoms with E-state index in [0.717, 1.165) is 50.9 Å². The van der Waals surface area contributed by atoms with Gasteiger partial charge in [0.15, 0.2) is 0 Å². The summed E-state index contributed by atoms with van der Waals surface area (Å²) < 4.78 is 13.0. The second kappa shape index (κ2) is 9.35. The maximum Gasteiger partial charge on any atom is 0.237 e. The van der Waals surface area contributed by atoms with Gasteiger partial charge >= 0.3 is 0 Å². The summed E-state index contributed by atoms with van der Waals surface area (Å²) in [5, 5.41) is 6.52. The summed E-state index contributed by atoms with van der Waals surface area (Å²) in [6, 6.07) is 6.95. The minimum atomic E-state index is -0.217. The lowest BCUT2D eigenvalue weighted by atomic mass is 10.00. The van der Waals surface area contributed by atoms with Gasteiger partial charge in [-0.25, -0.2) is 4.39 Å². The van der Waals surface area contributed by atoms with Crippen molar-refractivity contribution in [1.29, 1.82) is 0 Å². The van der Waals surface area contributed by atoms with Gasteiger partial charge in [-0.1, -0.05) is 18.6 Å². The quantitative estimate of drug-likeness (QED) is 0.852. The van der Waals surface area contributed by atoms with Gasteiger partial charge in [0.25, 0.3) is 0 Å². The van der Waals surface area contributed by atoms with Gasteiger partial charge in [0.1, 0.15) is 5.82 Å². The highest BCUT2D eigenvalue weighted by Gasteiger charge is 2.29. The molecule has 0 aromatic heterocycles. The average Bonchev–Trinajstić information content (AvgIpc) is 3.09. The van der Waals surface area contributed by atoms with Crippen LogP contribution in [0.1, 0.15) is 37.7 Å². The van der Waals surface area contributed by atoms with E-state index in [1.807, 2.05) is 0 Å². The molecule has 2 fully saturated rings. The van der Waals surface area contributed by atoms with Crippen LogP contribution in [0.15, 0.2) is 24.3 Å². The van der Waals surface area contributed by atoms with Gasteiger partial charge in [0.2, 0.25) is 5.91 Å². The van der Waals surface area contributed by atoms with E-state index < -0.39 is 0 Å². The predicted molar refractivity (Wildman–Crippen MR) is 95.7 cm³/mol. The first kappa shape index (κ1) is 19.2. The Balaban J connectivity index is 0.00000208. The number of hydrogen-bond acceptors (Lipinski definition) is 3. The third-order valence-corrected chi connectivity index (χ3v) is 4.90. The smallest absolute Gasteiger partial charge is 0.237 e. The van der Waals surface area contributed by atoms with Crippen LogP contribution in [0.4, 0.5) is 4.39 Å². The molecule has 3 rings (SSSR count). The van der Waals surface area contributed by atoms with Crippen molar-refractivity contribution in [2.24, 2.45) is 0 Å². The molecule has 2 aliphatic rings. The van der Waals surface area contributed by atoms with Crippen molar-refractivity contribution in [3.63, 3.8) is 0 Å². The van der Waals surface area contributed by atoms with E-state index in [2.05, 4.69) is 15.5 Å². The SMILES string of the molecule is Cl.O=C(NCC1CCCN1)C1CCCCN1Cc1ccc(F)cc1. The number of benzene rings is 1. The van der Waals surface area contributed by atoms with Gasteiger partial charge in [-0.3, -0.25) is 9.69 Å². The molecular formula is C18H27ClFN3O. The molecule has 0 aliphatic carbocycles. The van der Waals surface area contributed by atoms with Crippen LogP contribution >= 0.6 is 12.4 Å². The monoisotopic (exact) mass is 355 g/mol. The fourth-order valence-electron chi connectivity index (χ4n) is 3.57. The Hall–Kier alpha value is -1.17. The van der Waals surface area contributed by atoms with E-state index in [1.54, 1.807) is 12.1 Å². The van der Waals surface area contributed by atoms with Crippen LogP contribution in [-0.4, -0.2) is 42.5 Å². The van der Waals surface area contributed by atoms with Crippen LogP contribution < -0.4 is 10.6 Å². The Kier molecular flexibility index (Phi) is 7.46. The lowest BCUT2D eigenvalue weighted by Gasteiger charge is -2.35. The number of amides is 1. The first-order valence-corrected chi connectivity index (χ1v) is 8.72. The summed E-state index contributed by atoms with van der Waals surface area (Å²) >= 11 is 0. The largest absolute Gasteiger partial charge is 0.353 e. The summed E-state index contributed by atoms with van der Waals surface area (Å²) in [6.45, 7) is 3.41. The summed E-state index contributed by atoms with van der Waals surface area (Å²) in [5.74, 6) is -0.0775. The van der Waals surface area contributed by atoms with Crippen LogP contribution in [0, 0.1) is 5.82 Å². The third kappa shape index (κ3) is 5.16. The Labute approximate surface area is 149 Å². The minimum Gasteiger partial charge on any atom is -0.353 e. The predicted octanol–water partition coefficient (Wildman–Crippen LogP) is 2.47. The van der Waals surface area contributed by atoms with Crippen LogP contribution in [0.5, 0.6) is 0 Å². The molecule has 0 radical (unpaired) electrons. The molecule has 2 aliphatic heterocycles. The molecule has 0 spiro atoms. The van der Waals surface area contributed by atoms with Crippen molar-refractivity contribution >= 4 is 18.3 Å². The summed E-state index contributed by atoms with van der Waals surface area (Å²) in [6.07, 6.45) is 5.46. The molecule has 0 bridgehead atoms. The third-order valence-electron chi connectivity index (χ3n) is 4.90. The minimum absolute atomic E-state index is 0. The summed E-state index contributed by atoms with van der Waals surface area (Å²) in [7, 11) is 0. The first-order chi connectivity index (χ1) is 11.2. The maximum absolute atomic E-state index is 13.0. The van der Waals surface area contributed by atoms with Crippen LogP contribution in [-0.2, 0) is 11.3 Å². The van der Waals surface area contributed by atoms with Crippen molar-refractivity contribution in [3.05, 3.63) is 35.6 Å². The van der Waals surface area contributed by atoms with E-state index in [1.165, 1.54) is 18.6 Å². The molecule has 0 saturated carbocycles. The van der Waals surface area contributed by atoms with Crippen molar-refractivity contribution in [2.45, 2.75) is 50.7 Å².